The molecule has 1 N–H and O–H groups in total. The van der Waals surface area contributed by atoms with Gasteiger partial charge in [-0.15, -0.1) is 0 Å². The van der Waals surface area contributed by atoms with Crippen molar-refractivity contribution >= 4 is 15.9 Å². The quantitative estimate of drug-likeness (QED) is 0.829. The second-order valence-corrected chi connectivity index (χ2v) is 4.59. The fourth-order valence-electron chi connectivity index (χ4n) is 1.54. The first-order valence-electron chi connectivity index (χ1n) is 5.58. The number of hydrogen-bond acceptors (Lipinski definition) is 5. The van der Waals surface area contributed by atoms with Gasteiger partial charge in [-0.1, -0.05) is 21.1 Å². The summed E-state index contributed by atoms with van der Waals surface area (Å²) in [6.07, 6.45) is 2.09. The molecule has 2 aromatic rings. The maximum Gasteiger partial charge on any atom is 0.213 e. The lowest BCUT2D eigenvalue weighted by atomic mass is 10.2. The van der Waals surface area contributed by atoms with Crippen LogP contribution in [-0.2, 0) is 13.0 Å². The van der Waals surface area contributed by atoms with Crippen LogP contribution >= 0.6 is 15.9 Å². The van der Waals surface area contributed by atoms with Crippen LogP contribution in [0, 0.1) is 0 Å². The van der Waals surface area contributed by atoms with Gasteiger partial charge in [0, 0.05) is 24.0 Å². The van der Waals surface area contributed by atoms with Gasteiger partial charge in [0.2, 0.25) is 6.39 Å². The average molecular weight is 312 g/mol. The molecule has 0 bridgehead atoms. The van der Waals surface area contributed by atoms with Crippen molar-refractivity contribution in [3.05, 3.63) is 40.5 Å². The molecular weight excluding hydrogens is 298 g/mol. The molecule has 1 heterocycles. The molecule has 0 aliphatic heterocycles. The van der Waals surface area contributed by atoms with Crippen LogP contribution in [0.3, 0.4) is 0 Å². The Balaban J connectivity index is 1.82. The topological polar surface area (TPSA) is 60.2 Å². The molecule has 1 aromatic heterocycles. The van der Waals surface area contributed by atoms with E-state index in [1.165, 1.54) is 6.39 Å². The molecule has 2 rings (SSSR count). The molecule has 1 aromatic carbocycles. The van der Waals surface area contributed by atoms with E-state index >= 15 is 0 Å². The highest BCUT2D eigenvalue weighted by Gasteiger charge is 2.02. The largest absolute Gasteiger partial charge is 0.497 e. The predicted molar refractivity (Wildman–Crippen MR) is 70.4 cm³/mol. The molecule has 0 aliphatic carbocycles. The summed E-state index contributed by atoms with van der Waals surface area (Å²) in [5.74, 6) is 1.57. The molecule has 0 saturated heterocycles. The molecule has 18 heavy (non-hydrogen) atoms. The molecule has 96 valence electrons. The number of halogens is 1. The van der Waals surface area contributed by atoms with Gasteiger partial charge < -0.3 is 14.6 Å². The van der Waals surface area contributed by atoms with Crippen molar-refractivity contribution < 1.29 is 9.26 Å². The summed E-state index contributed by atoms with van der Waals surface area (Å²) in [6, 6.07) is 5.91. The third-order valence-electron chi connectivity index (χ3n) is 2.50. The first-order chi connectivity index (χ1) is 8.79. The number of rotatable bonds is 6. The number of nitrogens with zero attached hydrogens (tertiary/aromatic N) is 2. The monoisotopic (exact) mass is 311 g/mol. The number of methoxy groups -OCH3 is 1. The van der Waals surface area contributed by atoms with E-state index < -0.39 is 0 Å². The highest BCUT2D eigenvalue weighted by Crippen LogP contribution is 2.22. The molecule has 6 heteroatoms. The van der Waals surface area contributed by atoms with E-state index in [9.17, 15) is 0 Å². The van der Waals surface area contributed by atoms with Crippen LogP contribution in [0.1, 0.15) is 11.4 Å². The lowest BCUT2D eigenvalue weighted by Gasteiger charge is -2.08. The van der Waals surface area contributed by atoms with Gasteiger partial charge in [-0.3, -0.25) is 0 Å². The Morgan fingerprint density at radius 2 is 2.33 bits per heavy atom. The van der Waals surface area contributed by atoms with E-state index in [0.717, 1.165) is 35.3 Å². The van der Waals surface area contributed by atoms with Gasteiger partial charge in [-0.2, -0.15) is 4.98 Å². The number of nitrogens with one attached hydrogen (secondary N) is 1. The molecule has 0 amide bonds. The molecule has 5 nitrogen and oxygen atoms in total. The Morgan fingerprint density at radius 3 is 3.06 bits per heavy atom. The van der Waals surface area contributed by atoms with E-state index in [0.29, 0.717) is 5.82 Å². The van der Waals surface area contributed by atoms with E-state index in [2.05, 4.69) is 35.9 Å². The zero-order chi connectivity index (χ0) is 12.8. The maximum absolute atomic E-state index is 5.19. The van der Waals surface area contributed by atoms with Gasteiger partial charge in [-0.05, 0) is 23.8 Å². The smallest absolute Gasteiger partial charge is 0.213 e. The van der Waals surface area contributed by atoms with E-state index in [4.69, 9.17) is 4.74 Å². The Kier molecular flexibility index (Phi) is 4.72. The molecule has 0 radical (unpaired) electrons. The zero-order valence-corrected chi connectivity index (χ0v) is 11.6. The van der Waals surface area contributed by atoms with Crippen LogP contribution in [0.5, 0.6) is 5.75 Å². The van der Waals surface area contributed by atoms with E-state index in [-0.39, 0.29) is 0 Å². The summed E-state index contributed by atoms with van der Waals surface area (Å²) in [7, 11) is 1.66. The average Bonchev–Trinajstić information content (AvgIpc) is 2.89. The third kappa shape index (κ3) is 3.54. The standard InChI is InChI=1S/C12H14BrN3O2/c1-17-10-2-3-11(13)9(6-10)7-14-5-4-12-15-8-18-16-12/h2-3,6,8,14H,4-5,7H2,1H3. The van der Waals surface area contributed by atoms with Crippen molar-refractivity contribution in [2.24, 2.45) is 0 Å². The predicted octanol–water partition coefficient (Wildman–Crippen LogP) is 2.17. The molecule has 0 aliphatic rings. The molecule has 0 saturated carbocycles. The fourth-order valence-corrected chi connectivity index (χ4v) is 1.93. The lowest BCUT2D eigenvalue weighted by molar-refractivity contribution is 0.409. The van der Waals surface area contributed by atoms with Gasteiger partial charge in [-0.25, -0.2) is 0 Å². The van der Waals surface area contributed by atoms with Crippen LogP contribution in [-0.4, -0.2) is 23.8 Å². The van der Waals surface area contributed by atoms with Crippen LogP contribution in [0.4, 0.5) is 0 Å². The summed E-state index contributed by atoms with van der Waals surface area (Å²) in [5.41, 5.74) is 1.16. The van der Waals surface area contributed by atoms with Gasteiger partial charge in [0.25, 0.3) is 0 Å². The number of benzene rings is 1. The summed E-state index contributed by atoms with van der Waals surface area (Å²) in [4.78, 5) is 3.96. The molecule has 0 spiro atoms. The first-order valence-corrected chi connectivity index (χ1v) is 6.37. The minimum atomic E-state index is 0.715. The van der Waals surface area contributed by atoms with E-state index in [1.54, 1.807) is 7.11 Å². The second kappa shape index (κ2) is 6.51. The summed E-state index contributed by atoms with van der Waals surface area (Å²) >= 11 is 3.52. The maximum atomic E-state index is 5.19. The highest BCUT2D eigenvalue weighted by molar-refractivity contribution is 9.10. The number of ether oxygens (including phenoxy) is 1. The Bertz CT molecular complexity index is 488. The molecular formula is C12H14BrN3O2. The minimum absolute atomic E-state index is 0.715. The van der Waals surface area contributed by atoms with E-state index in [1.807, 2.05) is 18.2 Å². The summed E-state index contributed by atoms with van der Waals surface area (Å²) in [5, 5.41) is 7.08. The second-order valence-electron chi connectivity index (χ2n) is 3.73. The summed E-state index contributed by atoms with van der Waals surface area (Å²) in [6.45, 7) is 1.55. The Morgan fingerprint density at radius 1 is 1.44 bits per heavy atom. The molecule has 0 atom stereocenters. The van der Waals surface area contributed by atoms with Crippen LogP contribution in [0.2, 0.25) is 0 Å². The molecule has 0 fully saturated rings. The minimum Gasteiger partial charge on any atom is -0.497 e. The van der Waals surface area contributed by atoms with Gasteiger partial charge in [0.15, 0.2) is 5.82 Å². The molecule has 0 unspecified atom stereocenters. The Labute approximate surface area is 114 Å². The van der Waals surface area contributed by atoms with Gasteiger partial charge in [0.05, 0.1) is 7.11 Å². The fraction of sp³-hybridized carbons (Fsp3) is 0.333. The first kappa shape index (κ1) is 13.0. The summed E-state index contributed by atoms with van der Waals surface area (Å²) < 4.78 is 10.9. The van der Waals surface area contributed by atoms with Crippen molar-refractivity contribution in [2.75, 3.05) is 13.7 Å². The van der Waals surface area contributed by atoms with Crippen molar-refractivity contribution in [3.8, 4) is 5.75 Å². The third-order valence-corrected chi connectivity index (χ3v) is 3.27. The Hall–Kier alpha value is -1.40. The SMILES string of the molecule is COc1ccc(Br)c(CNCCc2ncon2)c1. The lowest BCUT2D eigenvalue weighted by Crippen LogP contribution is -2.17. The van der Waals surface area contributed by atoms with Crippen molar-refractivity contribution in [3.63, 3.8) is 0 Å². The van der Waals surface area contributed by atoms with Crippen molar-refractivity contribution in [2.45, 2.75) is 13.0 Å². The van der Waals surface area contributed by atoms with Gasteiger partial charge in [0.1, 0.15) is 5.75 Å². The van der Waals surface area contributed by atoms with Crippen molar-refractivity contribution in [1.82, 2.24) is 15.5 Å². The van der Waals surface area contributed by atoms with Crippen molar-refractivity contribution in [1.29, 1.82) is 0 Å². The highest BCUT2D eigenvalue weighted by atomic mass is 79.9. The number of hydrogen-bond donors (Lipinski definition) is 1. The van der Waals surface area contributed by atoms with Gasteiger partial charge >= 0.3 is 0 Å². The zero-order valence-electron chi connectivity index (χ0n) is 10.0. The van der Waals surface area contributed by atoms with Crippen LogP contribution in [0.25, 0.3) is 0 Å². The van der Waals surface area contributed by atoms with Crippen LogP contribution < -0.4 is 10.1 Å². The van der Waals surface area contributed by atoms with Crippen LogP contribution in [0.15, 0.2) is 33.6 Å². The number of aromatic nitrogens is 2. The normalized spacial score (nSPS) is 10.6.